The maximum Gasteiger partial charge on any atom is 0.305 e. The average molecular weight is 551 g/mol. The highest BCUT2D eigenvalue weighted by atomic mass is 35.5. The van der Waals surface area contributed by atoms with E-state index >= 15 is 0 Å². The molecule has 36 heavy (non-hydrogen) atoms. The molecular weight excluding hydrogens is 505 g/mol. The Morgan fingerprint density at radius 2 is 1.72 bits per heavy atom. The van der Waals surface area contributed by atoms with Gasteiger partial charge < -0.3 is 25.4 Å². The van der Waals surface area contributed by atoms with Crippen LogP contribution in [0.3, 0.4) is 0 Å². The molecule has 1 aliphatic carbocycles. The van der Waals surface area contributed by atoms with E-state index in [0.717, 1.165) is 77.3 Å². The highest BCUT2D eigenvalue weighted by molar-refractivity contribution is 5.86. The highest BCUT2D eigenvalue weighted by Crippen LogP contribution is 2.26. The van der Waals surface area contributed by atoms with Crippen molar-refractivity contribution in [3.63, 3.8) is 0 Å². The smallest absolute Gasteiger partial charge is 0.305 e. The van der Waals surface area contributed by atoms with Gasteiger partial charge in [-0.15, -0.1) is 24.8 Å². The van der Waals surface area contributed by atoms with E-state index in [2.05, 4.69) is 12.2 Å². The van der Waals surface area contributed by atoms with Crippen LogP contribution in [0.25, 0.3) is 0 Å². The van der Waals surface area contributed by atoms with Gasteiger partial charge >= 0.3 is 5.97 Å². The van der Waals surface area contributed by atoms with Crippen molar-refractivity contribution in [3.8, 4) is 0 Å². The maximum atomic E-state index is 13.7. The van der Waals surface area contributed by atoms with Crippen LogP contribution >= 0.6 is 24.8 Å². The van der Waals surface area contributed by atoms with E-state index in [0.29, 0.717) is 13.2 Å². The second kappa shape index (κ2) is 16.3. The molecular formula is C25H45Cl2N5O4. The quantitative estimate of drug-likeness (QED) is 0.229. The van der Waals surface area contributed by atoms with E-state index in [1.165, 1.54) is 0 Å². The number of likely N-dealkylation sites (N-methyl/N-ethyl adjacent to an activating group) is 1. The van der Waals surface area contributed by atoms with E-state index in [4.69, 9.17) is 15.9 Å². The van der Waals surface area contributed by atoms with E-state index in [1.54, 1.807) is 0 Å². The number of allylic oxidation sites excluding steroid dienone is 2. The van der Waals surface area contributed by atoms with Crippen LogP contribution in [0.2, 0.25) is 0 Å². The Kier molecular flexibility index (Phi) is 14.7. The van der Waals surface area contributed by atoms with Crippen molar-refractivity contribution >= 4 is 42.7 Å². The minimum atomic E-state index is -0.925. The number of likely N-dealkylation sites (tertiary alicyclic amines) is 2. The van der Waals surface area contributed by atoms with Gasteiger partial charge in [-0.05, 0) is 71.3 Å². The number of carboxylic acid groups (broad SMARTS) is 1. The molecule has 0 bridgehead atoms. The second-order valence-electron chi connectivity index (χ2n) is 9.97. The summed E-state index contributed by atoms with van der Waals surface area (Å²) in [4.78, 5) is 31.2. The summed E-state index contributed by atoms with van der Waals surface area (Å²) in [6, 6.07) is -0.312. The van der Waals surface area contributed by atoms with Gasteiger partial charge in [0.25, 0.3) is 0 Å². The predicted molar refractivity (Wildman–Crippen MR) is 146 cm³/mol. The summed E-state index contributed by atoms with van der Waals surface area (Å²) in [6.07, 6.45) is 13.7. The lowest BCUT2D eigenvalue weighted by atomic mass is 9.96. The third-order valence-electron chi connectivity index (χ3n) is 7.72. The normalized spacial score (nSPS) is 22.3. The monoisotopic (exact) mass is 549 g/mol. The van der Waals surface area contributed by atoms with Gasteiger partial charge in [-0.25, -0.2) is 0 Å². The van der Waals surface area contributed by atoms with Crippen LogP contribution < -0.4 is 5.73 Å². The number of rotatable bonds is 9. The number of hydrogen-bond donors (Lipinski definition) is 3. The number of guanidine groups is 1. The number of carbonyl (C=O) groups is 2. The molecule has 0 spiro atoms. The van der Waals surface area contributed by atoms with Gasteiger partial charge in [0.05, 0.1) is 18.6 Å². The molecule has 4 N–H and O–H groups in total. The molecule has 9 nitrogen and oxygen atoms in total. The van der Waals surface area contributed by atoms with Gasteiger partial charge in [0.15, 0.2) is 5.96 Å². The summed E-state index contributed by atoms with van der Waals surface area (Å²) in [5.74, 6) is -0.844. The predicted octanol–water partition coefficient (Wildman–Crippen LogP) is 3.25. The SMILES string of the molecule is CN(C1CCC=CCC1)[C@@H](CC(=O)O)C(=O)N1CCCC[C@H]1CCOC1CCN(C(=N)N)CC1.Cl.Cl. The van der Waals surface area contributed by atoms with Crippen LogP contribution in [0.4, 0.5) is 0 Å². The standard InChI is InChI=1S/C25H43N5O4.2ClH/c1-28(19-8-4-2-3-5-9-19)22(18-23(31)32)24(33)30-14-7-6-10-20(30)13-17-34-21-11-15-29(16-12-21)25(26)27;;/h2-3,19-22H,4-18H2,1H3,(H3,26,27)(H,31,32);2*1H/t20-,22-;;/m0../s1. The van der Waals surface area contributed by atoms with E-state index < -0.39 is 12.0 Å². The highest BCUT2D eigenvalue weighted by Gasteiger charge is 2.37. The van der Waals surface area contributed by atoms with Crippen molar-refractivity contribution < 1.29 is 19.4 Å². The molecule has 0 radical (unpaired) electrons. The minimum Gasteiger partial charge on any atom is -0.481 e. The van der Waals surface area contributed by atoms with Crippen LogP contribution in [-0.2, 0) is 14.3 Å². The third kappa shape index (κ3) is 9.39. The van der Waals surface area contributed by atoms with Crippen molar-refractivity contribution in [1.82, 2.24) is 14.7 Å². The molecule has 0 aromatic carbocycles. The molecule has 0 aromatic heterocycles. The van der Waals surface area contributed by atoms with Gasteiger partial charge in [-0.2, -0.15) is 0 Å². The van der Waals surface area contributed by atoms with Gasteiger partial charge in [-0.1, -0.05) is 12.2 Å². The lowest BCUT2D eigenvalue weighted by Gasteiger charge is -2.41. The molecule has 2 atom stereocenters. The second-order valence-corrected chi connectivity index (χ2v) is 9.97. The molecule has 1 amide bonds. The number of halogens is 2. The molecule has 0 unspecified atom stereocenters. The topological polar surface area (TPSA) is 123 Å². The Hall–Kier alpha value is -1.55. The fourth-order valence-electron chi connectivity index (χ4n) is 5.61. The largest absolute Gasteiger partial charge is 0.481 e. The van der Waals surface area contributed by atoms with E-state index in [-0.39, 0.29) is 61.3 Å². The molecule has 2 heterocycles. The summed E-state index contributed by atoms with van der Waals surface area (Å²) < 4.78 is 6.14. The van der Waals surface area contributed by atoms with Crippen molar-refractivity contribution in [2.45, 2.75) is 94.9 Å². The summed E-state index contributed by atoms with van der Waals surface area (Å²) >= 11 is 0. The lowest BCUT2D eigenvalue weighted by molar-refractivity contribution is -0.148. The zero-order valence-electron chi connectivity index (χ0n) is 21.5. The fraction of sp³-hybridized carbons (Fsp3) is 0.800. The first-order chi connectivity index (χ1) is 16.4. The zero-order valence-corrected chi connectivity index (χ0v) is 23.1. The number of piperidine rings is 2. The Balaban J connectivity index is 0.00000324. The molecule has 3 aliphatic rings. The van der Waals surface area contributed by atoms with Crippen molar-refractivity contribution in [3.05, 3.63) is 12.2 Å². The number of nitrogens with one attached hydrogen (secondary N) is 1. The molecule has 2 aliphatic heterocycles. The first-order valence-corrected chi connectivity index (χ1v) is 13.0. The van der Waals surface area contributed by atoms with Crippen molar-refractivity contribution in [1.29, 1.82) is 5.41 Å². The Bertz CT molecular complexity index is 723. The number of nitrogens with zero attached hydrogens (tertiary/aromatic N) is 3. The van der Waals surface area contributed by atoms with Crippen LogP contribution in [0.15, 0.2) is 12.2 Å². The first kappa shape index (κ1) is 32.5. The minimum absolute atomic E-state index is 0. The van der Waals surface area contributed by atoms with E-state index in [9.17, 15) is 14.7 Å². The number of aliphatic carboxylic acids is 1. The zero-order chi connectivity index (χ0) is 24.5. The summed E-state index contributed by atoms with van der Waals surface area (Å²) in [5.41, 5.74) is 5.57. The molecule has 208 valence electrons. The van der Waals surface area contributed by atoms with Crippen LogP contribution in [0.5, 0.6) is 0 Å². The number of ether oxygens (including phenoxy) is 1. The molecule has 3 rings (SSSR count). The number of nitrogens with two attached hydrogens (primary N) is 1. The molecule has 2 fully saturated rings. The molecule has 2 saturated heterocycles. The Morgan fingerprint density at radius 3 is 2.31 bits per heavy atom. The number of amides is 1. The number of hydrogen-bond acceptors (Lipinski definition) is 5. The average Bonchev–Trinajstić information content (AvgIpc) is 3.12. The number of carboxylic acids is 1. The van der Waals surface area contributed by atoms with Crippen LogP contribution in [0, 0.1) is 5.41 Å². The van der Waals surface area contributed by atoms with E-state index in [1.807, 2.05) is 21.7 Å². The van der Waals surface area contributed by atoms with Gasteiger partial charge in [0.2, 0.25) is 5.91 Å². The maximum absolute atomic E-state index is 13.7. The lowest BCUT2D eigenvalue weighted by Crippen LogP contribution is -2.55. The van der Waals surface area contributed by atoms with Gasteiger partial charge in [0, 0.05) is 38.3 Å². The Morgan fingerprint density at radius 1 is 1.08 bits per heavy atom. The summed E-state index contributed by atoms with van der Waals surface area (Å²) in [6.45, 7) is 2.77. The third-order valence-corrected chi connectivity index (χ3v) is 7.72. The van der Waals surface area contributed by atoms with Crippen LogP contribution in [0.1, 0.15) is 70.6 Å². The summed E-state index contributed by atoms with van der Waals surface area (Å²) in [5, 5.41) is 17.1. The Labute approximate surface area is 228 Å². The van der Waals surface area contributed by atoms with Crippen LogP contribution in [-0.4, -0.2) is 95.2 Å². The molecule has 11 heteroatoms. The molecule has 0 saturated carbocycles. The first-order valence-electron chi connectivity index (χ1n) is 13.0. The van der Waals surface area contributed by atoms with Crippen molar-refractivity contribution in [2.75, 3.05) is 33.3 Å². The van der Waals surface area contributed by atoms with Gasteiger partial charge in [-0.3, -0.25) is 19.9 Å². The van der Waals surface area contributed by atoms with Gasteiger partial charge in [0.1, 0.15) is 0 Å². The fourth-order valence-corrected chi connectivity index (χ4v) is 5.61. The summed E-state index contributed by atoms with van der Waals surface area (Å²) in [7, 11) is 1.93. The molecule has 0 aromatic rings. The van der Waals surface area contributed by atoms with Crippen molar-refractivity contribution in [2.24, 2.45) is 5.73 Å². The number of carbonyl (C=O) groups excluding carboxylic acids is 1.